The van der Waals surface area contributed by atoms with E-state index in [2.05, 4.69) is 252 Å². The van der Waals surface area contributed by atoms with Gasteiger partial charge in [-0.1, -0.05) is 194 Å². The van der Waals surface area contributed by atoms with Gasteiger partial charge in [-0.2, -0.15) is 0 Å². The van der Waals surface area contributed by atoms with Crippen molar-refractivity contribution in [3.63, 3.8) is 0 Å². The van der Waals surface area contributed by atoms with Gasteiger partial charge in [0, 0.05) is 27.5 Å². The Morgan fingerprint density at radius 3 is 1.74 bits per heavy atom. The fraction of sp³-hybridized carbons (Fsp3) is 0.0159. The second-order valence-electron chi connectivity index (χ2n) is 17.5. The molecule has 1 unspecified atom stereocenters. The van der Waals surface area contributed by atoms with Gasteiger partial charge in [0.15, 0.2) is 0 Å². The highest BCUT2D eigenvalue weighted by Crippen LogP contribution is 2.64. The van der Waals surface area contributed by atoms with Gasteiger partial charge in [0.1, 0.15) is 0 Å². The third-order valence-corrected chi connectivity index (χ3v) is 14.4. The number of anilines is 3. The molecule has 2 nitrogen and oxygen atoms in total. The lowest BCUT2D eigenvalue weighted by Crippen LogP contribution is -2.32. The van der Waals surface area contributed by atoms with Crippen LogP contribution in [0.25, 0.3) is 82.4 Å². The minimum atomic E-state index is -0.628. The Bertz CT molecular complexity index is 3890. The van der Waals surface area contributed by atoms with E-state index < -0.39 is 5.41 Å². The van der Waals surface area contributed by atoms with E-state index >= 15 is 0 Å². The molecule has 1 heterocycles. The maximum Gasteiger partial charge on any atom is 0.0732 e. The third-order valence-electron chi connectivity index (χ3n) is 14.4. The van der Waals surface area contributed by atoms with E-state index in [1.54, 1.807) is 0 Å². The lowest BCUT2D eigenvalue weighted by atomic mass is 9.60. The summed E-state index contributed by atoms with van der Waals surface area (Å²) in [7, 11) is 0. The first-order chi connectivity index (χ1) is 32.3. The summed E-state index contributed by atoms with van der Waals surface area (Å²) >= 11 is 0. The van der Waals surface area contributed by atoms with Crippen LogP contribution in [0.2, 0.25) is 0 Å². The minimum Gasteiger partial charge on any atom is -0.309 e. The topological polar surface area (TPSA) is 8.17 Å². The zero-order chi connectivity index (χ0) is 42.6. The molecule has 11 aromatic carbocycles. The molecule has 0 saturated carbocycles. The highest BCUT2D eigenvalue weighted by molar-refractivity contribution is 6.18. The first-order valence-electron chi connectivity index (χ1n) is 22.6. The number of hydrogen-bond donors (Lipinski definition) is 0. The largest absolute Gasteiger partial charge is 0.309 e. The Hall–Kier alpha value is -8.46. The Morgan fingerprint density at radius 2 is 0.908 bits per heavy atom. The van der Waals surface area contributed by atoms with Gasteiger partial charge in [0.05, 0.1) is 27.8 Å². The molecule has 2 heteroatoms. The lowest BCUT2D eigenvalue weighted by Gasteiger charge is -2.41. The molecule has 0 bridgehead atoms. The summed E-state index contributed by atoms with van der Waals surface area (Å²) < 4.78 is 2.42. The van der Waals surface area contributed by atoms with Crippen LogP contribution in [0, 0.1) is 0 Å². The average Bonchev–Trinajstić information content (AvgIpc) is 3.87. The number of para-hydroxylation sites is 2. The molecule has 0 aliphatic heterocycles. The predicted molar refractivity (Wildman–Crippen MR) is 272 cm³/mol. The lowest BCUT2D eigenvalue weighted by molar-refractivity contribution is 0.775. The summed E-state index contributed by atoms with van der Waals surface area (Å²) in [5.74, 6) is 0. The van der Waals surface area contributed by atoms with Crippen molar-refractivity contribution in [2.45, 2.75) is 5.41 Å². The Kier molecular flexibility index (Phi) is 7.64. The maximum atomic E-state index is 2.55. The Labute approximate surface area is 377 Å². The summed E-state index contributed by atoms with van der Waals surface area (Å²) in [6.45, 7) is 0. The van der Waals surface area contributed by atoms with E-state index in [0.29, 0.717) is 0 Å². The maximum absolute atomic E-state index is 2.55. The fourth-order valence-corrected chi connectivity index (χ4v) is 11.9. The van der Waals surface area contributed by atoms with Gasteiger partial charge >= 0.3 is 0 Å². The van der Waals surface area contributed by atoms with E-state index in [4.69, 9.17) is 0 Å². The van der Waals surface area contributed by atoms with Gasteiger partial charge in [-0.15, -0.1) is 0 Å². The van der Waals surface area contributed by atoms with Crippen LogP contribution in [0.15, 0.2) is 243 Å². The van der Waals surface area contributed by atoms with Gasteiger partial charge in [0.25, 0.3) is 0 Å². The molecule has 14 rings (SSSR count). The zero-order valence-electron chi connectivity index (χ0n) is 35.5. The molecule has 1 aromatic heterocycles. The van der Waals surface area contributed by atoms with Crippen LogP contribution in [0.1, 0.15) is 22.3 Å². The zero-order valence-corrected chi connectivity index (χ0v) is 35.5. The summed E-state index contributed by atoms with van der Waals surface area (Å²) in [5, 5.41) is 7.42. The second-order valence-corrected chi connectivity index (χ2v) is 17.5. The van der Waals surface area contributed by atoms with E-state index in [9.17, 15) is 0 Å². The SMILES string of the molecule is c1ccc(-c2ccc3cccc4c3c2C2(c3ccccc3-c3ccc(N(c5cccc6ccccc56)c5cccc6c5c5ccccc5n6-c5ccccc5)cc32)c2ccccc2-4)cc1. The van der Waals surface area contributed by atoms with Gasteiger partial charge in [-0.25, -0.2) is 0 Å². The van der Waals surface area contributed by atoms with Crippen molar-refractivity contribution >= 4 is 60.4 Å². The number of aromatic nitrogens is 1. The molecule has 1 spiro atoms. The smallest absolute Gasteiger partial charge is 0.0732 e. The van der Waals surface area contributed by atoms with Crippen molar-refractivity contribution in [2.24, 2.45) is 0 Å². The molecule has 0 N–H and O–H groups in total. The van der Waals surface area contributed by atoms with Crippen molar-refractivity contribution in [3.05, 3.63) is 265 Å². The molecule has 0 amide bonds. The number of nitrogens with zero attached hydrogens (tertiary/aromatic N) is 2. The van der Waals surface area contributed by atoms with Gasteiger partial charge in [-0.3, -0.25) is 0 Å². The first-order valence-corrected chi connectivity index (χ1v) is 22.6. The molecule has 0 radical (unpaired) electrons. The average molecular weight is 825 g/mol. The first kappa shape index (κ1) is 36.1. The summed E-state index contributed by atoms with van der Waals surface area (Å²) in [4.78, 5) is 2.55. The van der Waals surface area contributed by atoms with Gasteiger partial charge in [-0.05, 0) is 120 Å². The molecule has 302 valence electrons. The van der Waals surface area contributed by atoms with E-state index in [0.717, 1.165) is 22.7 Å². The molecule has 2 aliphatic carbocycles. The summed E-state index contributed by atoms with van der Waals surface area (Å²) in [5.41, 5.74) is 19.1. The van der Waals surface area contributed by atoms with Crippen molar-refractivity contribution in [2.75, 3.05) is 4.90 Å². The molecule has 0 fully saturated rings. The molecule has 2 aliphatic rings. The summed E-state index contributed by atoms with van der Waals surface area (Å²) in [6, 6.07) is 90.4. The van der Waals surface area contributed by atoms with Crippen LogP contribution in [0.3, 0.4) is 0 Å². The molecular weight excluding hydrogens is 785 g/mol. The van der Waals surface area contributed by atoms with Crippen LogP contribution >= 0.6 is 0 Å². The van der Waals surface area contributed by atoms with Crippen LogP contribution in [-0.4, -0.2) is 4.57 Å². The number of hydrogen-bond acceptors (Lipinski definition) is 1. The van der Waals surface area contributed by atoms with Gasteiger partial charge in [0.2, 0.25) is 0 Å². The van der Waals surface area contributed by atoms with Crippen LogP contribution in [0.4, 0.5) is 17.1 Å². The van der Waals surface area contributed by atoms with Gasteiger partial charge < -0.3 is 9.47 Å². The number of fused-ring (bicyclic) bond motifs is 13. The third kappa shape index (κ3) is 4.94. The van der Waals surface area contributed by atoms with Crippen LogP contribution in [0.5, 0.6) is 0 Å². The van der Waals surface area contributed by atoms with Crippen molar-refractivity contribution in [1.82, 2.24) is 4.57 Å². The number of benzene rings is 11. The molecule has 1 atom stereocenters. The fourth-order valence-electron chi connectivity index (χ4n) is 11.9. The predicted octanol–water partition coefficient (Wildman–Crippen LogP) is 16.6. The molecule has 12 aromatic rings. The molecule has 0 saturated heterocycles. The normalized spacial score (nSPS) is 14.5. The van der Waals surface area contributed by atoms with Crippen LogP contribution in [-0.2, 0) is 5.41 Å². The highest BCUT2D eigenvalue weighted by Gasteiger charge is 2.51. The number of rotatable bonds is 5. The quantitative estimate of drug-likeness (QED) is 0.168. The molecule has 65 heavy (non-hydrogen) atoms. The van der Waals surface area contributed by atoms with Crippen molar-refractivity contribution in [1.29, 1.82) is 0 Å². The van der Waals surface area contributed by atoms with Crippen molar-refractivity contribution < 1.29 is 0 Å². The minimum absolute atomic E-state index is 0.628. The Morgan fingerprint density at radius 1 is 0.338 bits per heavy atom. The second kappa shape index (κ2) is 13.8. The molecular formula is C63H40N2. The van der Waals surface area contributed by atoms with E-state index in [1.807, 2.05) is 0 Å². The highest BCUT2D eigenvalue weighted by atomic mass is 15.1. The monoisotopic (exact) mass is 824 g/mol. The standard InChI is InChI=1S/C63H40N2/c1-3-18-42(19-4-1)47-38-36-43-22-15-29-51-49-27-10-13-31-54(49)63(62(47)60(43)51)53-30-12-9-26-48(53)50-39-37-45(40-55(50)63)65(56-33-16-21-41-20-7-8-25-46(41)56)59-35-17-34-58-61(59)52-28-11-14-32-57(52)64(58)44-23-5-2-6-24-44/h1-40H. The van der Waals surface area contributed by atoms with Crippen LogP contribution < -0.4 is 4.90 Å². The summed E-state index contributed by atoms with van der Waals surface area (Å²) in [6.07, 6.45) is 0. The van der Waals surface area contributed by atoms with Crippen molar-refractivity contribution in [3.8, 4) is 39.1 Å². The van der Waals surface area contributed by atoms with E-state index in [-0.39, 0.29) is 0 Å². The van der Waals surface area contributed by atoms with E-state index in [1.165, 1.54) is 99.0 Å². The Balaban J connectivity index is 1.13.